The van der Waals surface area contributed by atoms with Crippen molar-refractivity contribution in [3.05, 3.63) is 30.0 Å². The molecule has 0 bridgehead atoms. The maximum atomic E-state index is 13.0. The Hall–Kier alpha value is -2.63. The van der Waals surface area contributed by atoms with Crippen LogP contribution in [0.15, 0.2) is 24.4 Å². The summed E-state index contributed by atoms with van der Waals surface area (Å²) in [6.45, 7) is 0.624. The second-order valence-corrected chi connectivity index (χ2v) is 9.85. The van der Waals surface area contributed by atoms with Gasteiger partial charge in [-0.3, -0.25) is 9.59 Å². The fourth-order valence-corrected chi connectivity index (χ4v) is 5.11. The number of carbonyl (C=O) groups excluding carboxylic acids is 2. The Balaban J connectivity index is 1.47. The van der Waals surface area contributed by atoms with Crippen LogP contribution in [0.5, 0.6) is 5.75 Å². The van der Waals surface area contributed by atoms with Gasteiger partial charge in [0.15, 0.2) is 5.60 Å². The molecule has 2 aromatic rings. The first-order chi connectivity index (χ1) is 14.7. The Labute approximate surface area is 180 Å². The molecule has 3 heterocycles. The van der Waals surface area contributed by atoms with E-state index in [2.05, 4.69) is 15.6 Å². The number of nitrogens with one attached hydrogen (secondary N) is 3. The van der Waals surface area contributed by atoms with Gasteiger partial charge in [0.25, 0.3) is 5.91 Å². The smallest absolute Gasteiger partial charge is 0.254 e. The van der Waals surface area contributed by atoms with Gasteiger partial charge in [-0.05, 0) is 30.2 Å². The summed E-state index contributed by atoms with van der Waals surface area (Å²) in [5.41, 5.74) is 0.479. The third kappa shape index (κ3) is 4.00. The first-order valence-corrected chi connectivity index (χ1v) is 11.9. The van der Waals surface area contributed by atoms with E-state index >= 15 is 0 Å². The van der Waals surface area contributed by atoms with Crippen molar-refractivity contribution >= 4 is 32.7 Å². The number of hydrogen-bond acceptors (Lipinski definition) is 6. The van der Waals surface area contributed by atoms with E-state index in [1.165, 1.54) is 0 Å². The Morgan fingerprint density at radius 1 is 1.42 bits per heavy atom. The summed E-state index contributed by atoms with van der Waals surface area (Å²) in [5, 5.41) is 6.56. The van der Waals surface area contributed by atoms with E-state index in [9.17, 15) is 18.0 Å². The summed E-state index contributed by atoms with van der Waals surface area (Å²) in [6.07, 6.45) is 3.50. The molecule has 168 valence electrons. The molecule has 2 saturated heterocycles. The average molecular weight is 451 g/mol. The molecule has 2 aliphatic rings. The van der Waals surface area contributed by atoms with E-state index in [0.717, 1.165) is 32.8 Å². The minimum absolute atomic E-state index is 0.0949. The first kappa shape index (κ1) is 21.6. The Morgan fingerprint density at radius 3 is 2.94 bits per heavy atom. The molecule has 1 spiro atoms. The number of amides is 2. The third-order valence-corrected chi connectivity index (χ3v) is 7.16. The minimum atomic E-state index is -3.58. The van der Waals surface area contributed by atoms with Crippen LogP contribution in [0.1, 0.15) is 5.56 Å². The number of H-pyrrole nitrogens is 1. The molecule has 0 aliphatic carbocycles. The zero-order valence-corrected chi connectivity index (χ0v) is 18.3. The number of rotatable bonds is 6. The number of carbonyl (C=O) groups is 2. The van der Waals surface area contributed by atoms with Crippen LogP contribution in [0.2, 0.25) is 0 Å². The van der Waals surface area contributed by atoms with Crippen molar-refractivity contribution in [3.8, 4) is 5.75 Å². The third-order valence-electron chi connectivity index (χ3n) is 5.95. The molecule has 1 aromatic heterocycles. The van der Waals surface area contributed by atoms with Crippen molar-refractivity contribution in [2.75, 3.05) is 46.2 Å². The monoisotopic (exact) mass is 450 g/mol. The molecule has 2 atom stereocenters. The van der Waals surface area contributed by atoms with Gasteiger partial charge < -0.3 is 25.1 Å². The highest BCUT2D eigenvalue weighted by molar-refractivity contribution is 7.88. The minimum Gasteiger partial charge on any atom is -0.497 e. The maximum absolute atomic E-state index is 13.0. The lowest BCUT2D eigenvalue weighted by molar-refractivity contribution is -0.163. The van der Waals surface area contributed by atoms with Crippen molar-refractivity contribution in [2.45, 2.75) is 12.0 Å². The van der Waals surface area contributed by atoms with Crippen LogP contribution in [0, 0.1) is 5.92 Å². The van der Waals surface area contributed by atoms with Crippen molar-refractivity contribution in [2.24, 2.45) is 5.92 Å². The van der Waals surface area contributed by atoms with Gasteiger partial charge in [0, 0.05) is 36.7 Å². The van der Waals surface area contributed by atoms with Gasteiger partial charge in [-0.15, -0.1) is 0 Å². The quantitative estimate of drug-likeness (QED) is 0.550. The van der Waals surface area contributed by atoms with Crippen LogP contribution < -0.4 is 15.4 Å². The van der Waals surface area contributed by atoms with Gasteiger partial charge in [0.2, 0.25) is 15.9 Å². The molecular formula is C20H26N4O6S. The molecule has 0 unspecified atom stereocenters. The van der Waals surface area contributed by atoms with Gasteiger partial charge in [-0.2, -0.15) is 4.31 Å². The Morgan fingerprint density at radius 2 is 2.23 bits per heavy atom. The number of benzene rings is 1. The van der Waals surface area contributed by atoms with Crippen LogP contribution in [0.3, 0.4) is 0 Å². The molecule has 3 N–H and O–H groups in total. The van der Waals surface area contributed by atoms with Crippen LogP contribution >= 0.6 is 0 Å². The van der Waals surface area contributed by atoms with E-state index in [0.29, 0.717) is 19.5 Å². The van der Waals surface area contributed by atoms with Crippen LogP contribution in [0.4, 0.5) is 0 Å². The highest BCUT2D eigenvalue weighted by atomic mass is 32.2. The predicted molar refractivity (Wildman–Crippen MR) is 113 cm³/mol. The van der Waals surface area contributed by atoms with Crippen molar-refractivity contribution in [1.29, 1.82) is 0 Å². The topological polar surface area (TPSA) is 130 Å². The number of sulfonamides is 1. The number of nitrogens with zero attached hydrogens (tertiary/aromatic N) is 1. The fourth-order valence-electron chi connectivity index (χ4n) is 4.26. The van der Waals surface area contributed by atoms with Crippen LogP contribution in [0.25, 0.3) is 10.9 Å². The summed E-state index contributed by atoms with van der Waals surface area (Å²) in [7, 11) is -1.97. The second-order valence-electron chi connectivity index (χ2n) is 7.87. The van der Waals surface area contributed by atoms with Gasteiger partial charge in [0.1, 0.15) is 5.75 Å². The normalized spacial score (nSPS) is 24.5. The molecule has 2 aliphatic heterocycles. The lowest BCUT2D eigenvalue weighted by Gasteiger charge is -2.36. The molecule has 10 nitrogen and oxygen atoms in total. The van der Waals surface area contributed by atoms with Gasteiger partial charge >= 0.3 is 0 Å². The number of hydrogen-bond donors (Lipinski definition) is 3. The van der Waals surface area contributed by atoms with Crippen molar-refractivity contribution in [3.63, 3.8) is 0 Å². The van der Waals surface area contributed by atoms with E-state index in [4.69, 9.17) is 9.47 Å². The highest BCUT2D eigenvalue weighted by Gasteiger charge is 2.59. The van der Waals surface area contributed by atoms with Crippen LogP contribution in [-0.4, -0.2) is 81.3 Å². The number of methoxy groups -OCH3 is 1. The molecule has 2 fully saturated rings. The first-order valence-electron chi connectivity index (χ1n) is 10.0. The van der Waals surface area contributed by atoms with Crippen LogP contribution in [-0.2, 0) is 30.8 Å². The summed E-state index contributed by atoms with van der Waals surface area (Å²) >= 11 is 0. The van der Waals surface area contributed by atoms with E-state index in [-0.39, 0.29) is 19.7 Å². The molecule has 2 amide bonds. The summed E-state index contributed by atoms with van der Waals surface area (Å²) in [6, 6.07) is 5.73. The lowest BCUT2D eigenvalue weighted by Crippen LogP contribution is -2.62. The summed E-state index contributed by atoms with van der Waals surface area (Å²) in [5.74, 6) is -1.04. The molecule has 0 radical (unpaired) electrons. The molecule has 11 heteroatoms. The predicted octanol–water partition coefficient (Wildman–Crippen LogP) is -0.388. The standard InChI is InChI=1S/C20H26N4O6S/c1-29-14-3-4-17-15(9-14)13(10-23-17)5-6-21-18(25)16-11-24(31(2,27)28)12-20(16)19(26)22-7-8-30-20/h3-4,9-10,16,23H,5-8,11-12H2,1-2H3,(H,21,25)(H,22,26)/t16-,20-/m1/s1. The summed E-state index contributed by atoms with van der Waals surface area (Å²) in [4.78, 5) is 28.8. The Bertz CT molecular complexity index is 1110. The average Bonchev–Trinajstić information content (AvgIpc) is 3.32. The fraction of sp³-hybridized carbons (Fsp3) is 0.500. The van der Waals surface area contributed by atoms with E-state index in [1.807, 2.05) is 24.4 Å². The number of aromatic amines is 1. The largest absolute Gasteiger partial charge is 0.497 e. The van der Waals surface area contributed by atoms with Crippen molar-refractivity contribution < 1.29 is 27.5 Å². The van der Waals surface area contributed by atoms with Gasteiger partial charge in [-0.1, -0.05) is 0 Å². The molecule has 4 rings (SSSR count). The molecule has 31 heavy (non-hydrogen) atoms. The number of ether oxygens (including phenoxy) is 2. The van der Waals surface area contributed by atoms with E-state index < -0.39 is 33.4 Å². The number of morpholine rings is 1. The SMILES string of the molecule is COc1ccc2[nH]cc(CCNC(=O)[C@H]3CN(S(C)(=O)=O)C[C@@]34OCCNC4=O)c2c1. The Kier molecular flexibility index (Phi) is 5.67. The van der Waals surface area contributed by atoms with Crippen molar-refractivity contribution in [1.82, 2.24) is 19.9 Å². The highest BCUT2D eigenvalue weighted by Crippen LogP contribution is 2.35. The van der Waals surface area contributed by atoms with Gasteiger partial charge in [0.05, 0.1) is 32.4 Å². The second kappa shape index (κ2) is 8.13. The van der Waals surface area contributed by atoms with E-state index in [1.54, 1.807) is 7.11 Å². The van der Waals surface area contributed by atoms with Gasteiger partial charge in [-0.25, -0.2) is 8.42 Å². The molecule has 1 aromatic carbocycles. The maximum Gasteiger partial charge on any atom is 0.254 e. The molecule has 0 saturated carbocycles. The number of fused-ring (bicyclic) bond motifs is 1. The number of aromatic nitrogens is 1. The lowest BCUT2D eigenvalue weighted by atomic mass is 9.87. The zero-order valence-electron chi connectivity index (χ0n) is 17.4. The zero-order chi connectivity index (χ0) is 22.2. The summed E-state index contributed by atoms with van der Waals surface area (Å²) < 4.78 is 36.3. The molecular weight excluding hydrogens is 424 g/mol.